The minimum absolute atomic E-state index is 0.0599. The first-order chi connectivity index (χ1) is 11.7. The minimum atomic E-state index is -3.36. The second kappa shape index (κ2) is 6.78. The number of esters is 1. The van der Waals surface area contributed by atoms with Crippen molar-refractivity contribution in [1.29, 1.82) is 0 Å². The maximum atomic E-state index is 12.4. The number of nitrogens with one attached hydrogen (secondary N) is 1. The molecule has 1 N–H and O–H groups in total. The summed E-state index contributed by atoms with van der Waals surface area (Å²) >= 11 is 0. The van der Waals surface area contributed by atoms with Gasteiger partial charge in [-0.2, -0.15) is 0 Å². The van der Waals surface area contributed by atoms with Crippen LogP contribution in [0, 0.1) is 17.8 Å². The van der Waals surface area contributed by atoms with E-state index in [9.17, 15) is 18.0 Å². The van der Waals surface area contributed by atoms with Crippen LogP contribution in [0.4, 0.5) is 5.69 Å². The zero-order valence-electron chi connectivity index (χ0n) is 14.4. The molecule has 136 valence electrons. The first-order valence-corrected chi connectivity index (χ1v) is 10.4. The van der Waals surface area contributed by atoms with Gasteiger partial charge >= 0.3 is 5.97 Å². The predicted molar refractivity (Wildman–Crippen MR) is 93.7 cm³/mol. The molecule has 2 aliphatic carbocycles. The summed E-state index contributed by atoms with van der Waals surface area (Å²) in [6.45, 7) is 1.58. The van der Waals surface area contributed by atoms with E-state index in [1.807, 2.05) is 0 Å². The number of carbonyl (C=O) groups excluding carboxylic acids is 2. The van der Waals surface area contributed by atoms with Gasteiger partial charge in [-0.25, -0.2) is 8.42 Å². The number of anilines is 1. The number of hydrogen-bond acceptors (Lipinski definition) is 5. The third-order valence-electron chi connectivity index (χ3n) is 5.18. The predicted octanol–water partition coefficient (Wildman–Crippen LogP) is 2.61. The fourth-order valence-corrected chi connectivity index (χ4v) is 4.56. The Hall–Kier alpha value is -1.89. The molecular weight excluding hydrogens is 342 g/mol. The summed E-state index contributed by atoms with van der Waals surface area (Å²) in [6, 6.07) is 6.08. The van der Waals surface area contributed by atoms with Crippen molar-refractivity contribution in [2.75, 3.05) is 11.0 Å². The molecule has 0 amide bonds. The van der Waals surface area contributed by atoms with E-state index in [1.165, 1.54) is 30.7 Å². The summed E-state index contributed by atoms with van der Waals surface area (Å²) < 4.78 is 30.1. The molecule has 25 heavy (non-hydrogen) atoms. The van der Waals surface area contributed by atoms with Crippen LogP contribution in [0.15, 0.2) is 24.3 Å². The highest BCUT2D eigenvalue weighted by atomic mass is 32.2. The standard InChI is InChI=1S/C18H23NO5S/c1-11(24-18(21)16-10-12-3-4-14(16)9-12)17(20)13-5-7-15(8-6-13)19-25(2,22)23/h5-8,11-12,14,16,19H,3-4,9-10H2,1-2H3/t11-,12-,14-,16+/m0/s1. The number of fused-ring (bicyclic) bond motifs is 2. The second-order valence-electron chi connectivity index (χ2n) is 7.18. The van der Waals surface area contributed by atoms with Gasteiger partial charge in [-0.1, -0.05) is 6.42 Å². The summed E-state index contributed by atoms with van der Waals surface area (Å²) in [5, 5.41) is 0. The molecule has 4 atom stereocenters. The van der Waals surface area contributed by atoms with E-state index in [-0.39, 0.29) is 17.7 Å². The van der Waals surface area contributed by atoms with E-state index in [0.29, 0.717) is 23.1 Å². The maximum Gasteiger partial charge on any atom is 0.309 e. The molecule has 2 saturated carbocycles. The van der Waals surface area contributed by atoms with Crippen LogP contribution in [0.2, 0.25) is 0 Å². The zero-order valence-corrected chi connectivity index (χ0v) is 15.2. The molecule has 2 bridgehead atoms. The summed E-state index contributed by atoms with van der Waals surface area (Å²) in [5.74, 6) is 0.450. The van der Waals surface area contributed by atoms with E-state index in [0.717, 1.165) is 25.5 Å². The van der Waals surface area contributed by atoms with E-state index in [4.69, 9.17) is 4.74 Å². The van der Waals surface area contributed by atoms with Crippen LogP contribution in [-0.2, 0) is 19.6 Å². The number of ketones is 1. The lowest BCUT2D eigenvalue weighted by atomic mass is 9.89. The zero-order chi connectivity index (χ0) is 18.2. The Labute approximate surface area is 148 Å². The Morgan fingerprint density at radius 1 is 1.16 bits per heavy atom. The van der Waals surface area contributed by atoms with Crippen LogP contribution in [0.5, 0.6) is 0 Å². The number of hydrogen-bond donors (Lipinski definition) is 1. The largest absolute Gasteiger partial charge is 0.454 e. The van der Waals surface area contributed by atoms with Gasteiger partial charge in [-0.05, 0) is 62.3 Å². The van der Waals surface area contributed by atoms with Crippen LogP contribution < -0.4 is 4.72 Å². The molecule has 1 aromatic carbocycles. The van der Waals surface area contributed by atoms with Crippen LogP contribution in [0.3, 0.4) is 0 Å². The molecule has 0 aliphatic heterocycles. The summed E-state index contributed by atoms with van der Waals surface area (Å²) in [7, 11) is -3.36. The van der Waals surface area contributed by atoms with Crippen molar-refractivity contribution in [3.8, 4) is 0 Å². The van der Waals surface area contributed by atoms with Crippen molar-refractivity contribution in [3.63, 3.8) is 0 Å². The molecule has 3 rings (SSSR count). The van der Waals surface area contributed by atoms with E-state index >= 15 is 0 Å². The van der Waals surface area contributed by atoms with Gasteiger partial charge in [0.05, 0.1) is 12.2 Å². The lowest BCUT2D eigenvalue weighted by Crippen LogP contribution is -2.30. The Morgan fingerprint density at radius 3 is 2.36 bits per heavy atom. The van der Waals surface area contributed by atoms with Gasteiger partial charge in [-0.15, -0.1) is 0 Å². The van der Waals surface area contributed by atoms with Gasteiger partial charge in [0, 0.05) is 11.3 Å². The van der Waals surface area contributed by atoms with E-state index in [2.05, 4.69) is 4.72 Å². The molecule has 0 saturated heterocycles. The molecule has 6 nitrogen and oxygen atoms in total. The van der Waals surface area contributed by atoms with Gasteiger partial charge in [0.2, 0.25) is 15.8 Å². The Kier molecular flexibility index (Phi) is 4.86. The maximum absolute atomic E-state index is 12.4. The van der Waals surface area contributed by atoms with Crippen molar-refractivity contribution < 1.29 is 22.7 Å². The number of sulfonamides is 1. The van der Waals surface area contributed by atoms with Crippen molar-refractivity contribution in [2.24, 2.45) is 17.8 Å². The van der Waals surface area contributed by atoms with Crippen molar-refractivity contribution in [1.82, 2.24) is 0 Å². The summed E-state index contributed by atoms with van der Waals surface area (Å²) in [5.41, 5.74) is 0.762. The molecule has 0 radical (unpaired) electrons. The molecule has 1 aromatic rings. The quantitative estimate of drug-likeness (QED) is 0.618. The van der Waals surface area contributed by atoms with Crippen LogP contribution in [-0.4, -0.2) is 32.5 Å². The van der Waals surface area contributed by atoms with Crippen LogP contribution in [0.25, 0.3) is 0 Å². The highest BCUT2D eigenvalue weighted by molar-refractivity contribution is 7.92. The number of rotatable bonds is 6. The second-order valence-corrected chi connectivity index (χ2v) is 8.92. The topological polar surface area (TPSA) is 89.5 Å². The Bertz CT molecular complexity index is 771. The monoisotopic (exact) mass is 365 g/mol. The molecule has 0 aromatic heterocycles. The van der Waals surface area contributed by atoms with Gasteiger partial charge in [-0.3, -0.25) is 14.3 Å². The van der Waals surface area contributed by atoms with Gasteiger partial charge in [0.25, 0.3) is 0 Å². The molecule has 2 fully saturated rings. The average Bonchev–Trinajstić information content (AvgIpc) is 3.16. The Balaban J connectivity index is 1.59. The molecular formula is C18H23NO5S. The number of Topliss-reactive ketones (excluding diaryl/α,β-unsaturated/α-hetero) is 1. The molecule has 0 spiro atoms. The fraction of sp³-hybridized carbons (Fsp3) is 0.556. The van der Waals surface area contributed by atoms with Crippen molar-refractivity contribution in [3.05, 3.63) is 29.8 Å². The van der Waals surface area contributed by atoms with Crippen molar-refractivity contribution >= 4 is 27.5 Å². The summed E-state index contributed by atoms with van der Waals surface area (Å²) in [4.78, 5) is 24.8. The third-order valence-corrected chi connectivity index (χ3v) is 5.78. The highest BCUT2D eigenvalue weighted by Gasteiger charge is 2.44. The smallest absolute Gasteiger partial charge is 0.309 e. The number of benzene rings is 1. The normalized spacial score (nSPS) is 26.2. The van der Waals surface area contributed by atoms with Gasteiger partial charge in [0.15, 0.2) is 6.10 Å². The average molecular weight is 365 g/mol. The lowest BCUT2D eigenvalue weighted by Gasteiger charge is -2.22. The van der Waals surface area contributed by atoms with E-state index in [1.54, 1.807) is 6.92 Å². The summed E-state index contributed by atoms with van der Waals surface area (Å²) in [6.07, 6.45) is 4.50. The molecule has 0 unspecified atom stereocenters. The Morgan fingerprint density at radius 2 is 1.84 bits per heavy atom. The molecule has 7 heteroatoms. The van der Waals surface area contributed by atoms with E-state index < -0.39 is 16.1 Å². The van der Waals surface area contributed by atoms with Crippen LogP contribution in [0.1, 0.15) is 43.0 Å². The molecule has 2 aliphatic rings. The SMILES string of the molecule is C[C@H](OC(=O)[C@@H]1C[C@H]2CC[C@H]1C2)C(=O)c1ccc(NS(C)(=O)=O)cc1. The first-order valence-electron chi connectivity index (χ1n) is 8.55. The number of ether oxygens (including phenoxy) is 1. The lowest BCUT2D eigenvalue weighted by molar-refractivity contribution is -0.153. The van der Waals surface area contributed by atoms with Crippen LogP contribution >= 0.6 is 0 Å². The van der Waals surface area contributed by atoms with Gasteiger partial charge in [0.1, 0.15) is 0 Å². The first kappa shape index (κ1) is 17.9. The molecule has 0 heterocycles. The third kappa shape index (κ3) is 4.21. The van der Waals surface area contributed by atoms with Gasteiger partial charge < -0.3 is 4.74 Å². The highest BCUT2D eigenvalue weighted by Crippen LogP contribution is 2.48. The minimum Gasteiger partial charge on any atom is -0.454 e. The van der Waals surface area contributed by atoms with Crippen molar-refractivity contribution in [2.45, 2.75) is 38.7 Å². The fourth-order valence-electron chi connectivity index (χ4n) is 4.00. The number of carbonyl (C=O) groups is 2.